The molecule has 1 aromatic carbocycles. The van der Waals surface area contributed by atoms with Crippen LogP contribution in [0.3, 0.4) is 0 Å². The molecule has 0 saturated carbocycles. The van der Waals surface area contributed by atoms with Crippen LogP contribution in [0.2, 0.25) is 0 Å². The van der Waals surface area contributed by atoms with Crippen LogP contribution < -0.4 is 0 Å². The Morgan fingerprint density at radius 3 is 1.83 bits per heavy atom. The molecule has 0 saturated heterocycles. The molecule has 0 atom stereocenters. The van der Waals surface area contributed by atoms with Crippen molar-refractivity contribution in [1.82, 2.24) is 0 Å². The van der Waals surface area contributed by atoms with Gasteiger partial charge in [-0.1, -0.05) is 78.0 Å². The fraction of sp³-hybridized carbons (Fsp3) is 0.455. The molecule has 3 rings (SSSR count). The van der Waals surface area contributed by atoms with E-state index in [1.807, 2.05) is 18.2 Å². The molecule has 0 radical (unpaired) electrons. The monoisotopic (exact) mass is 322 g/mol. The van der Waals surface area contributed by atoms with Gasteiger partial charge in [0.1, 0.15) is 0 Å². The van der Waals surface area contributed by atoms with Gasteiger partial charge in [-0.25, -0.2) is 0 Å². The molecule has 0 heterocycles. The number of carbonyl (C=O) groups is 2. The van der Waals surface area contributed by atoms with Gasteiger partial charge in [0.2, 0.25) is 0 Å². The molecule has 2 aliphatic carbocycles. The molecular weight excluding hydrogens is 296 g/mol. The van der Waals surface area contributed by atoms with Crippen LogP contribution in [0.25, 0.3) is 0 Å². The quantitative estimate of drug-likeness (QED) is 0.641. The van der Waals surface area contributed by atoms with Crippen molar-refractivity contribution in [3.63, 3.8) is 0 Å². The number of hydrogen-bond donors (Lipinski definition) is 0. The Hall–Kier alpha value is -1.96. The lowest BCUT2D eigenvalue weighted by atomic mass is 9.50. The Morgan fingerprint density at radius 2 is 1.33 bits per heavy atom. The van der Waals surface area contributed by atoms with Gasteiger partial charge < -0.3 is 0 Å². The van der Waals surface area contributed by atoms with Gasteiger partial charge in [-0.15, -0.1) is 0 Å². The summed E-state index contributed by atoms with van der Waals surface area (Å²) in [6.45, 7) is 13.3. The van der Waals surface area contributed by atoms with E-state index in [9.17, 15) is 9.59 Å². The Morgan fingerprint density at radius 1 is 0.833 bits per heavy atom. The molecule has 2 heteroatoms. The van der Waals surface area contributed by atoms with Gasteiger partial charge in [-0.2, -0.15) is 0 Å². The smallest absolute Gasteiger partial charge is 0.194 e. The van der Waals surface area contributed by atoms with Crippen molar-refractivity contribution in [2.45, 2.75) is 48.0 Å². The summed E-state index contributed by atoms with van der Waals surface area (Å²) in [7, 11) is 0. The van der Waals surface area contributed by atoms with E-state index in [2.05, 4.69) is 47.6 Å². The van der Waals surface area contributed by atoms with Gasteiger partial charge in [0, 0.05) is 27.7 Å². The van der Waals surface area contributed by atoms with Crippen molar-refractivity contribution < 1.29 is 9.59 Å². The Labute approximate surface area is 144 Å². The molecule has 0 fully saturated rings. The molecule has 0 aliphatic heterocycles. The van der Waals surface area contributed by atoms with Gasteiger partial charge in [-0.3, -0.25) is 9.59 Å². The number of benzene rings is 1. The van der Waals surface area contributed by atoms with Crippen LogP contribution in [0.5, 0.6) is 0 Å². The summed E-state index contributed by atoms with van der Waals surface area (Å²) >= 11 is 0. The molecular formula is C22H26O2. The summed E-state index contributed by atoms with van der Waals surface area (Å²) in [6, 6.07) is 7.17. The number of fused-ring (bicyclic) bond motifs is 1. The summed E-state index contributed by atoms with van der Waals surface area (Å²) in [5, 5.41) is 0. The second kappa shape index (κ2) is 5.02. The van der Waals surface area contributed by atoms with Crippen LogP contribution in [0, 0.1) is 16.2 Å². The first-order chi connectivity index (χ1) is 11.0. The fourth-order valence-corrected chi connectivity index (χ4v) is 4.52. The van der Waals surface area contributed by atoms with Gasteiger partial charge in [-0.05, 0) is 17.3 Å². The van der Waals surface area contributed by atoms with Crippen LogP contribution in [-0.2, 0) is 0 Å². The third kappa shape index (κ3) is 2.16. The zero-order valence-corrected chi connectivity index (χ0v) is 15.5. The highest BCUT2D eigenvalue weighted by Gasteiger charge is 2.52. The highest BCUT2D eigenvalue weighted by atomic mass is 16.1. The summed E-state index contributed by atoms with van der Waals surface area (Å²) in [4.78, 5) is 25.9. The zero-order valence-electron chi connectivity index (χ0n) is 15.5. The van der Waals surface area contributed by atoms with E-state index < -0.39 is 0 Å². The van der Waals surface area contributed by atoms with Crippen molar-refractivity contribution in [2.24, 2.45) is 16.2 Å². The van der Waals surface area contributed by atoms with E-state index in [-0.39, 0.29) is 27.8 Å². The van der Waals surface area contributed by atoms with Crippen molar-refractivity contribution >= 4 is 11.6 Å². The molecule has 0 N–H and O–H groups in total. The second-order valence-electron chi connectivity index (χ2n) is 9.08. The van der Waals surface area contributed by atoms with Crippen LogP contribution >= 0.6 is 0 Å². The van der Waals surface area contributed by atoms with Gasteiger partial charge in [0.05, 0.1) is 0 Å². The first-order valence-electron chi connectivity index (χ1n) is 8.60. The van der Waals surface area contributed by atoms with Crippen molar-refractivity contribution in [3.8, 4) is 0 Å². The summed E-state index contributed by atoms with van der Waals surface area (Å²) in [5.41, 5.74) is 2.12. The molecule has 2 nitrogen and oxygen atoms in total. The third-order valence-electron chi connectivity index (χ3n) is 5.93. The number of carbonyl (C=O) groups excluding carboxylic acids is 2. The number of rotatable bonds is 0. The van der Waals surface area contributed by atoms with E-state index >= 15 is 0 Å². The Balaban J connectivity index is 2.18. The van der Waals surface area contributed by atoms with Crippen LogP contribution in [0.4, 0.5) is 0 Å². The lowest BCUT2D eigenvalue weighted by Gasteiger charge is -2.54. The maximum absolute atomic E-state index is 13.1. The molecule has 0 amide bonds. The first kappa shape index (κ1) is 16.9. The van der Waals surface area contributed by atoms with Crippen molar-refractivity contribution in [2.75, 3.05) is 0 Å². The molecule has 0 aromatic heterocycles. The Kier molecular flexibility index (Phi) is 3.53. The summed E-state index contributed by atoms with van der Waals surface area (Å²) in [5.74, 6) is -0.00436. The molecule has 24 heavy (non-hydrogen) atoms. The topological polar surface area (TPSA) is 34.1 Å². The lowest BCUT2D eigenvalue weighted by Crippen LogP contribution is -2.47. The van der Waals surface area contributed by atoms with E-state index in [0.717, 1.165) is 0 Å². The first-order valence-corrected chi connectivity index (χ1v) is 8.60. The van der Waals surface area contributed by atoms with Gasteiger partial charge in [0.15, 0.2) is 11.6 Å². The van der Waals surface area contributed by atoms with Crippen molar-refractivity contribution in [1.29, 1.82) is 0 Å². The minimum atomic E-state index is -0.180. The molecule has 0 unspecified atom stereocenters. The minimum absolute atomic E-state index is 0.0161. The zero-order chi connectivity index (χ0) is 17.9. The molecule has 2 aliphatic rings. The predicted octanol–water partition coefficient (Wildman–Crippen LogP) is 5.40. The van der Waals surface area contributed by atoms with E-state index in [0.29, 0.717) is 28.7 Å². The number of ketones is 2. The highest BCUT2D eigenvalue weighted by Crippen LogP contribution is 2.58. The standard InChI is InChI=1S/C22H26O2/c1-20(2,3)22(21(4,5)6)12-11-16-17(13-22)19(24)15-10-8-7-9-14(15)18(16)23/h7-12H,13H2,1-6H3. The van der Waals surface area contributed by atoms with Crippen LogP contribution in [0.1, 0.15) is 68.7 Å². The average molecular weight is 322 g/mol. The average Bonchev–Trinajstić information content (AvgIpc) is 2.50. The number of Topliss-reactive ketones (excluding diaryl/α,β-unsaturated/α-hetero) is 2. The molecule has 0 spiro atoms. The maximum atomic E-state index is 13.1. The Bertz CT molecular complexity index is 778. The van der Waals surface area contributed by atoms with Crippen molar-refractivity contribution in [3.05, 3.63) is 58.7 Å². The third-order valence-corrected chi connectivity index (χ3v) is 5.93. The number of hydrogen-bond acceptors (Lipinski definition) is 2. The van der Waals surface area contributed by atoms with Gasteiger partial charge in [0.25, 0.3) is 0 Å². The van der Waals surface area contributed by atoms with E-state index in [1.54, 1.807) is 12.1 Å². The van der Waals surface area contributed by atoms with Gasteiger partial charge >= 0.3 is 0 Å². The largest absolute Gasteiger partial charge is 0.289 e. The summed E-state index contributed by atoms with van der Waals surface area (Å²) < 4.78 is 0. The SMILES string of the molecule is CC(C)(C)C1(C(C)(C)C)C=CC2=C(C1)C(=O)c1ccccc1C2=O. The van der Waals surface area contributed by atoms with Crippen LogP contribution in [-0.4, -0.2) is 11.6 Å². The van der Waals surface area contributed by atoms with E-state index in [4.69, 9.17) is 0 Å². The normalized spacial score (nSPS) is 20.1. The molecule has 126 valence electrons. The van der Waals surface area contributed by atoms with Crippen LogP contribution in [0.15, 0.2) is 47.6 Å². The minimum Gasteiger partial charge on any atom is -0.289 e. The number of allylic oxidation sites excluding steroid dienone is 4. The highest BCUT2D eigenvalue weighted by molar-refractivity contribution is 6.28. The molecule has 1 aromatic rings. The maximum Gasteiger partial charge on any atom is 0.194 e. The second-order valence-corrected chi connectivity index (χ2v) is 9.08. The summed E-state index contributed by atoms with van der Waals surface area (Å²) in [6.07, 6.45) is 4.71. The lowest BCUT2D eigenvalue weighted by molar-refractivity contribution is 0.0155. The van der Waals surface area contributed by atoms with E-state index in [1.165, 1.54) is 0 Å². The fourth-order valence-electron chi connectivity index (χ4n) is 4.52. The predicted molar refractivity (Wildman–Crippen MR) is 97.2 cm³/mol. The molecule has 0 bridgehead atoms.